The molecule has 0 radical (unpaired) electrons. The number of non-ortho nitro benzene ring substituents is 1. The fourth-order valence-electron chi connectivity index (χ4n) is 3.19. The molecule has 1 aromatic heterocycles. The Morgan fingerprint density at radius 2 is 1.79 bits per heavy atom. The molecule has 0 aliphatic rings. The van der Waals surface area contributed by atoms with Crippen LogP contribution in [0.1, 0.15) is 42.3 Å². The van der Waals surface area contributed by atoms with E-state index in [1.165, 1.54) is 22.8 Å². The van der Waals surface area contributed by atoms with Gasteiger partial charge in [-0.15, -0.1) is 0 Å². The average Bonchev–Trinajstić information content (AvgIpc) is 2.76. The Kier molecular flexibility index (Phi) is 7.27. The fourth-order valence-corrected chi connectivity index (χ4v) is 3.19. The molecule has 0 amide bonds. The second kappa shape index (κ2) is 10.1. The number of nitrogens with zero attached hydrogens (tertiary/aromatic N) is 2. The summed E-state index contributed by atoms with van der Waals surface area (Å²) < 4.78 is 12.6. The fraction of sp³-hybridized carbons (Fsp3) is 0.280. The first kappa shape index (κ1) is 23.7. The molecule has 0 saturated carbocycles. The Morgan fingerprint density at radius 1 is 1.06 bits per heavy atom. The zero-order valence-corrected chi connectivity index (χ0v) is 18.8. The molecule has 33 heavy (non-hydrogen) atoms. The predicted octanol–water partition coefficient (Wildman–Crippen LogP) is 4.53. The van der Waals surface area contributed by atoms with Crippen molar-refractivity contribution in [1.29, 1.82) is 0 Å². The number of carbonyl (C=O) groups excluding carboxylic acids is 1. The number of pyridine rings is 1. The van der Waals surface area contributed by atoms with Crippen molar-refractivity contribution in [3.63, 3.8) is 0 Å². The van der Waals surface area contributed by atoms with Gasteiger partial charge in [0.05, 0.1) is 4.92 Å². The zero-order chi connectivity index (χ0) is 24.0. The number of carbonyl (C=O) groups is 1. The van der Waals surface area contributed by atoms with Crippen LogP contribution in [0.2, 0.25) is 0 Å². The lowest BCUT2D eigenvalue weighted by Gasteiger charge is -2.19. The summed E-state index contributed by atoms with van der Waals surface area (Å²) in [7, 11) is 0. The van der Waals surface area contributed by atoms with Crippen LogP contribution < -0.4 is 10.3 Å². The van der Waals surface area contributed by atoms with Crippen molar-refractivity contribution in [3.8, 4) is 5.75 Å². The second-order valence-corrected chi connectivity index (χ2v) is 8.50. The third kappa shape index (κ3) is 6.52. The van der Waals surface area contributed by atoms with Gasteiger partial charge >= 0.3 is 5.97 Å². The molecule has 0 unspecified atom stereocenters. The Hall–Kier alpha value is -3.94. The number of esters is 1. The largest absolute Gasteiger partial charge is 0.489 e. The molecule has 0 spiro atoms. The van der Waals surface area contributed by atoms with E-state index in [1.807, 2.05) is 30.3 Å². The van der Waals surface area contributed by atoms with E-state index >= 15 is 0 Å². The van der Waals surface area contributed by atoms with Crippen LogP contribution in [0, 0.1) is 10.1 Å². The molecule has 0 saturated heterocycles. The van der Waals surface area contributed by atoms with Crippen molar-refractivity contribution in [2.45, 2.75) is 45.9 Å². The van der Waals surface area contributed by atoms with E-state index in [1.54, 1.807) is 39.1 Å². The molecule has 0 N–H and O–H groups in total. The van der Waals surface area contributed by atoms with Gasteiger partial charge in [0.25, 0.3) is 11.2 Å². The first-order valence-corrected chi connectivity index (χ1v) is 10.5. The molecule has 0 atom stereocenters. The van der Waals surface area contributed by atoms with Crippen LogP contribution in [0.3, 0.4) is 0 Å². The number of rotatable bonds is 8. The number of hydrogen-bond acceptors (Lipinski definition) is 6. The van der Waals surface area contributed by atoms with Crippen LogP contribution in [0.5, 0.6) is 5.75 Å². The summed E-state index contributed by atoms with van der Waals surface area (Å²) in [6.07, 6.45) is 1.86. The van der Waals surface area contributed by atoms with Crippen LogP contribution in [-0.2, 0) is 24.3 Å². The highest BCUT2D eigenvalue weighted by Gasteiger charge is 2.21. The zero-order valence-electron chi connectivity index (χ0n) is 18.8. The molecule has 3 aromatic rings. The standard InChI is InChI=1S/C25H26N2O6/c1-25(2,3)33-24(29)21-10-7-14-26(23(21)28)15-13-19-16-20(27(30)31)11-12-22(19)32-17-18-8-5-4-6-9-18/h4-12,14,16H,13,15,17H2,1-3H3. The number of ether oxygens (including phenoxy) is 2. The van der Waals surface area contributed by atoms with Crippen LogP contribution in [0.15, 0.2) is 71.7 Å². The summed E-state index contributed by atoms with van der Waals surface area (Å²) in [5, 5.41) is 11.3. The predicted molar refractivity (Wildman–Crippen MR) is 123 cm³/mol. The molecule has 3 rings (SSSR count). The van der Waals surface area contributed by atoms with E-state index in [-0.39, 0.29) is 17.8 Å². The van der Waals surface area contributed by atoms with Gasteiger partial charge in [-0.3, -0.25) is 14.9 Å². The van der Waals surface area contributed by atoms with Gasteiger partial charge in [-0.05, 0) is 51.0 Å². The molecule has 2 aromatic carbocycles. The van der Waals surface area contributed by atoms with Crippen LogP contribution >= 0.6 is 0 Å². The minimum Gasteiger partial charge on any atom is -0.489 e. The smallest absolute Gasteiger partial charge is 0.344 e. The van der Waals surface area contributed by atoms with Crippen molar-refractivity contribution < 1.29 is 19.2 Å². The Morgan fingerprint density at radius 3 is 2.45 bits per heavy atom. The van der Waals surface area contributed by atoms with E-state index in [0.29, 0.717) is 24.3 Å². The lowest BCUT2D eigenvalue weighted by Crippen LogP contribution is -2.31. The number of nitro groups is 1. The third-order valence-corrected chi connectivity index (χ3v) is 4.75. The summed E-state index contributed by atoms with van der Waals surface area (Å²) in [6, 6.07) is 17.0. The highest BCUT2D eigenvalue weighted by atomic mass is 16.6. The van der Waals surface area contributed by atoms with Crippen LogP contribution in [0.25, 0.3) is 0 Å². The Bertz CT molecular complexity index is 1200. The van der Waals surface area contributed by atoms with Gasteiger partial charge in [0.1, 0.15) is 23.5 Å². The summed E-state index contributed by atoms with van der Waals surface area (Å²) >= 11 is 0. The van der Waals surface area contributed by atoms with Gasteiger partial charge in [0.2, 0.25) is 0 Å². The van der Waals surface area contributed by atoms with E-state index in [4.69, 9.17) is 9.47 Å². The van der Waals surface area contributed by atoms with E-state index in [0.717, 1.165) is 5.56 Å². The van der Waals surface area contributed by atoms with Crippen molar-refractivity contribution in [1.82, 2.24) is 4.57 Å². The van der Waals surface area contributed by atoms with Gasteiger partial charge in [0.15, 0.2) is 0 Å². The molecule has 8 nitrogen and oxygen atoms in total. The van der Waals surface area contributed by atoms with Crippen LogP contribution in [-0.4, -0.2) is 21.1 Å². The molecule has 0 fully saturated rings. The van der Waals surface area contributed by atoms with Gasteiger partial charge in [0, 0.05) is 30.4 Å². The number of nitro benzene ring substituents is 1. The van der Waals surface area contributed by atoms with E-state index in [9.17, 15) is 19.7 Å². The van der Waals surface area contributed by atoms with Crippen LogP contribution in [0.4, 0.5) is 5.69 Å². The third-order valence-electron chi connectivity index (χ3n) is 4.75. The summed E-state index contributed by atoms with van der Waals surface area (Å²) in [5.41, 5.74) is 0.221. The van der Waals surface area contributed by atoms with E-state index < -0.39 is 22.1 Å². The normalized spacial score (nSPS) is 11.1. The Labute approximate surface area is 191 Å². The highest BCUT2D eigenvalue weighted by Crippen LogP contribution is 2.26. The average molecular weight is 450 g/mol. The molecule has 0 aliphatic heterocycles. The number of aryl methyl sites for hydroxylation is 2. The van der Waals surface area contributed by atoms with Gasteiger partial charge in [-0.2, -0.15) is 0 Å². The quantitative estimate of drug-likeness (QED) is 0.284. The monoisotopic (exact) mass is 450 g/mol. The van der Waals surface area contributed by atoms with Gasteiger partial charge in [-0.25, -0.2) is 4.79 Å². The minimum atomic E-state index is -0.724. The van der Waals surface area contributed by atoms with Gasteiger partial charge in [-0.1, -0.05) is 30.3 Å². The number of aromatic nitrogens is 1. The summed E-state index contributed by atoms with van der Waals surface area (Å²) in [4.78, 5) is 36.0. The second-order valence-electron chi connectivity index (χ2n) is 8.50. The maximum atomic E-state index is 12.8. The maximum absolute atomic E-state index is 12.8. The van der Waals surface area contributed by atoms with Crippen molar-refractivity contribution in [3.05, 3.63) is 104 Å². The SMILES string of the molecule is CC(C)(C)OC(=O)c1cccn(CCc2cc([N+](=O)[O-])ccc2OCc2ccccc2)c1=O. The van der Waals surface area contributed by atoms with Gasteiger partial charge < -0.3 is 14.0 Å². The molecular formula is C25H26N2O6. The van der Waals surface area contributed by atoms with E-state index in [2.05, 4.69) is 0 Å². The first-order chi connectivity index (χ1) is 15.6. The first-order valence-electron chi connectivity index (χ1n) is 10.5. The lowest BCUT2D eigenvalue weighted by molar-refractivity contribution is -0.384. The van der Waals surface area contributed by atoms with Crippen molar-refractivity contribution in [2.75, 3.05) is 0 Å². The highest BCUT2D eigenvalue weighted by molar-refractivity contribution is 5.89. The number of hydrogen-bond donors (Lipinski definition) is 0. The maximum Gasteiger partial charge on any atom is 0.344 e. The molecule has 0 bridgehead atoms. The molecular weight excluding hydrogens is 424 g/mol. The molecule has 8 heteroatoms. The summed E-state index contributed by atoms with van der Waals surface area (Å²) in [6.45, 7) is 5.70. The summed E-state index contributed by atoms with van der Waals surface area (Å²) in [5.74, 6) is -0.190. The molecule has 1 heterocycles. The van der Waals surface area contributed by atoms with Crippen molar-refractivity contribution >= 4 is 11.7 Å². The Balaban J connectivity index is 1.81. The number of benzene rings is 2. The molecule has 172 valence electrons. The minimum absolute atomic E-state index is 0.0629. The topological polar surface area (TPSA) is 101 Å². The van der Waals surface area contributed by atoms with Crippen molar-refractivity contribution in [2.24, 2.45) is 0 Å². The molecule has 0 aliphatic carbocycles. The lowest BCUT2D eigenvalue weighted by atomic mass is 10.1.